The summed E-state index contributed by atoms with van der Waals surface area (Å²) in [6.45, 7) is 8.52. The number of nitrogens with zero attached hydrogens (tertiary/aromatic N) is 3. The lowest BCUT2D eigenvalue weighted by molar-refractivity contribution is -0.141. The third-order valence-electron chi connectivity index (χ3n) is 12.2. The van der Waals surface area contributed by atoms with Crippen molar-refractivity contribution in [2.24, 2.45) is 5.92 Å². The number of ether oxygens (including phenoxy) is 3. The van der Waals surface area contributed by atoms with Gasteiger partial charge in [-0.25, -0.2) is 18.2 Å². The first-order chi connectivity index (χ1) is 27.1. The number of aryl methyl sites for hydroxylation is 1. The van der Waals surface area contributed by atoms with Crippen molar-refractivity contribution < 1.29 is 41.8 Å². The fraction of sp³-hybridized carbons (Fsp3) is 0.634. The van der Waals surface area contributed by atoms with Gasteiger partial charge in [0, 0.05) is 42.4 Å². The Morgan fingerprint density at radius 3 is 2.51 bits per heavy atom. The summed E-state index contributed by atoms with van der Waals surface area (Å²) < 4.78 is 46.0. The number of nitrogens with one attached hydrogen (secondary N) is 3. The second-order valence-corrected chi connectivity index (χ2v) is 19.0. The molecular weight excluding hydrogens is 753 g/mol. The Hall–Kier alpha value is -4.60. The minimum atomic E-state index is -3.99. The molecule has 5 atom stereocenters. The zero-order valence-corrected chi connectivity index (χ0v) is 34.4. The van der Waals surface area contributed by atoms with E-state index in [0.29, 0.717) is 73.5 Å². The monoisotopic (exact) mass is 808 g/mol. The van der Waals surface area contributed by atoms with Crippen molar-refractivity contribution in [1.82, 2.24) is 30.1 Å². The number of carbonyl (C=O) groups is 4. The highest BCUT2D eigenvalue weighted by Gasteiger charge is 2.63. The number of benzene rings is 1. The molecule has 0 radical (unpaired) electrons. The van der Waals surface area contributed by atoms with Gasteiger partial charge in [-0.05, 0) is 91.2 Å². The van der Waals surface area contributed by atoms with Crippen molar-refractivity contribution in [2.45, 2.75) is 133 Å². The highest BCUT2D eigenvalue weighted by Crippen LogP contribution is 2.47. The van der Waals surface area contributed by atoms with Gasteiger partial charge in [0.1, 0.15) is 35.2 Å². The molecule has 16 heteroatoms. The number of likely N-dealkylation sites (tertiary alicyclic amines) is 1. The Kier molecular flexibility index (Phi) is 11.4. The minimum absolute atomic E-state index is 0.0155. The smallest absolute Gasteiger partial charge is 0.318 e. The number of amides is 5. The first-order valence-corrected chi connectivity index (χ1v) is 21.9. The van der Waals surface area contributed by atoms with E-state index in [1.165, 1.54) is 4.90 Å². The fourth-order valence-corrected chi connectivity index (χ4v) is 9.58. The van der Waals surface area contributed by atoms with Crippen molar-refractivity contribution in [3.05, 3.63) is 35.9 Å². The van der Waals surface area contributed by atoms with Crippen molar-refractivity contribution in [3.63, 3.8) is 0 Å². The Balaban J connectivity index is 1.22. The summed E-state index contributed by atoms with van der Waals surface area (Å²) in [7, 11) is -2.40. The van der Waals surface area contributed by atoms with Crippen molar-refractivity contribution in [3.8, 4) is 17.4 Å². The van der Waals surface area contributed by atoms with E-state index in [4.69, 9.17) is 19.2 Å². The molecule has 2 saturated heterocycles. The Labute approximate surface area is 334 Å². The molecule has 0 bridgehead atoms. The summed E-state index contributed by atoms with van der Waals surface area (Å²) in [5.41, 5.74) is -0.109. The summed E-state index contributed by atoms with van der Waals surface area (Å²) in [6.07, 6.45) is 9.33. The Bertz CT molecular complexity index is 2050. The van der Waals surface area contributed by atoms with Crippen LogP contribution in [0.25, 0.3) is 10.9 Å². The molecule has 0 spiro atoms. The number of aromatic nitrogens is 1. The summed E-state index contributed by atoms with van der Waals surface area (Å²) in [5.74, 6) is -0.798. The van der Waals surface area contributed by atoms with E-state index in [9.17, 15) is 27.6 Å². The summed E-state index contributed by atoms with van der Waals surface area (Å²) in [6, 6.07) is 3.07. The van der Waals surface area contributed by atoms with E-state index in [-0.39, 0.29) is 31.5 Å². The first-order valence-electron chi connectivity index (χ1n) is 20.4. The molecular formula is C41H56N6O9S. The molecule has 4 heterocycles. The predicted octanol–water partition coefficient (Wildman–Crippen LogP) is 4.26. The van der Waals surface area contributed by atoms with Crippen LogP contribution in [-0.2, 0) is 24.4 Å². The first kappa shape index (κ1) is 40.6. The van der Waals surface area contributed by atoms with E-state index in [0.717, 1.165) is 31.2 Å². The molecule has 1 unspecified atom stereocenters. The summed E-state index contributed by atoms with van der Waals surface area (Å²) >= 11 is 0. The highest BCUT2D eigenvalue weighted by atomic mass is 32.2. The van der Waals surface area contributed by atoms with E-state index in [2.05, 4.69) is 15.4 Å². The van der Waals surface area contributed by atoms with Crippen LogP contribution in [-0.4, -0.2) is 108 Å². The van der Waals surface area contributed by atoms with Crippen LogP contribution < -0.4 is 29.6 Å². The molecule has 4 fully saturated rings. The second kappa shape index (κ2) is 16.0. The van der Waals surface area contributed by atoms with Gasteiger partial charge in [0.25, 0.3) is 5.91 Å². The third-order valence-corrected chi connectivity index (χ3v) is 14.3. The molecule has 1 aromatic heterocycles. The van der Waals surface area contributed by atoms with Gasteiger partial charge in [-0.2, -0.15) is 0 Å². The molecule has 15 nitrogen and oxygen atoms in total. The van der Waals surface area contributed by atoms with Gasteiger partial charge in [-0.1, -0.05) is 25.0 Å². The fourth-order valence-electron chi connectivity index (χ4n) is 8.26. The molecule has 310 valence electrons. The standard InChI is InChI=1S/C41H56N6O9S/c1-25(2)55-34-22-33(29-15-16-32(54-5)26(3)35(29)43-34)56-28-21-31-36(48)44-41(38(50)45-57(52,53)40(4)17-18-40)23-27(41)13-9-7-6-8-10-14-30(37(49)47(31)24-28)42-39(51)46-19-11-12-20-46/h9,13,15-16,22,25,27-28,30-31H,6-8,10-12,14,17-21,23-24H2,1-5H3,(H,42,51)(H,44,48)(H,45,50)/b13-9-/t27?,28-,30+,31+,41-/m1/s1. The molecule has 57 heavy (non-hydrogen) atoms. The maximum atomic E-state index is 14.7. The zero-order chi connectivity index (χ0) is 40.7. The summed E-state index contributed by atoms with van der Waals surface area (Å²) in [5, 5.41) is 6.61. The molecule has 5 amide bonds. The minimum Gasteiger partial charge on any atom is -0.496 e. The number of fused-ring (bicyclic) bond motifs is 3. The molecule has 7 rings (SSSR count). The molecule has 2 aromatic rings. The number of rotatable bonds is 9. The lowest BCUT2D eigenvalue weighted by atomic mass is 10.0. The number of carbonyl (C=O) groups excluding carboxylic acids is 4. The van der Waals surface area contributed by atoms with E-state index < -0.39 is 62.1 Å². The van der Waals surface area contributed by atoms with Crippen LogP contribution in [0.2, 0.25) is 0 Å². The van der Waals surface area contributed by atoms with Gasteiger partial charge >= 0.3 is 6.03 Å². The Morgan fingerprint density at radius 2 is 1.81 bits per heavy atom. The number of sulfonamides is 1. The average molecular weight is 809 g/mol. The number of hydrogen-bond acceptors (Lipinski definition) is 10. The van der Waals surface area contributed by atoms with Crippen LogP contribution in [0.15, 0.2) is 30.4 Å². The maximum Gasteiger partial charge on any atom is 0.318 e. The third kappa shape index (κ3) is 8.37. The highest BCUT2D eigenvalue weighted by molar-refractivity contribution is 7.91. The van der Waals surface area contributed by atoms with Gasteiger partial charge in [0.05, 0.1) is 30.0 Å². The lowest BCUT2D eigenvalue weighted by Gasteiger charge is -2.30. The van der Waals surface area contributed by atoms with Gasteiger partial charge in [-0.3, -0.25) is 19.1 Å². The van der Waals surface area contributed by atoms with Crippen LogP contribution in [0.3, 0.4) is 0 Å². The maximum absolute atomic E-state index is 14.7. The number of urea groups is 1. The van der Waals surface area contributed by atoms with Gasteiger partial charge in [-0.15, -0.1) is 0 Å². The second-order valence-electron chi connectivity index (χ2n) is 16.8. The Morgan fingerprint density at radius 1 is 1.05 bits per heavy atom. The lowest BCUT2D eigenvalue weighted by Crippen LogP contribution is -2.59. The SMILES string of the molecule is COc1ccc2c(O[C@@H]3C[C@H]4C(=O)N[C@]5(C(=O)NS(=O)(=O)C6(C)CC6)CC5/C=C\CCCCC[C@H](NC(=O)N5CCCC5)C(=O)N4C3)cc(OC(C)C)nc2c1C. The van der Waals surface area contributed by atoms with Gasteiger partial charge in [0.15, 0.2) is 0 Å². The van der Waals surface area contributed by atoms with Crippen molar-refractivity contribution in [1.29, 1.82) is 0 Å². The molecule has 5 aliphatic rings. The number of pyridine rings is 1. The average Bonchev–Trinajstić information content (AvgIpc) is 3.91. The van der Waals surface area contributed by atoms with Gasteiger partial charge < -0.3 is 34.6 Å². The number of hydrogen-bond donors (Lipinski definition) is 3. The molecule has 1 aromatic carbocycles. The van der Waals surface area contributed by atoms with E-state index in [1.807, 2.05) is 45.1 Å². The van der Waals surface area contributed by atoms with Crippen molar-refractivity contribution in [2.75, 3.05) is 26.7 Å². The predicted molar refractivity (Wildman–Crippen MR) is 212 cm³/mol. The largest absolute Gasteiger partial charge is 0.496 e. The van der Waals surface area contributed by atoms with Crippen LogP contribution in [0.4, 0.5) is 4.79 Å². The van der Waals surface area contributed by atoms with Crippen LogP contribution in [0.5, 0.6) is 17.4 Å². The van der Waals surface area contributed by atoms with E-state index in [1.54, 1.807) is 25.0 Å². The van der Waals surface area contributed by atoms with Crippen LogP contribution in [0.1, 0.15) is 97.0 Å². The molecule has 3 N–H and O–H groups in total. The molecule has 3 aliphatic heterocycles. The number of methoxy groups -OCH3 is 1. The normalized spacial score (nSPS) is 28.0. The quantitative estimate of drug-likeness (QED) is 0.310. The van der Waals surface area contributed by atoms with Crippen LogP contribution in [0, 0.1) is 12.8 Å². The summed E-state index contributed by atoms with van der Waals surface area (Å²) in [4.78, 5) is 64.6. The molecule has 2 saturated carbocycles. The number of allylic oxidation sites excluding steroid dienone is 1. The van der Waals surface area contributed by atoms with Crippen molar-refractivity contribution >= 4 is 44.7 Å². The van der Waals surface area contributed by atoms with Gasteiger partial charge in [0.2, 0.25) is 27.7 Å². The molecule has 2 aliphatic carbocycles. The topological polar surface area (TPSA) is 186 Å². The zero-order valence-electron chi connectivity index (χ0n) is 33.6. The van der Waals surface area contributed by atoms with E-state index >= 15 is 0 Å². The van der Waals surface area contributed by atoms with Crippen LogP contribution >= 0.6 is 0 Å².